The first-order valence-corrected chi connectivity index (χ1v) is 7.90. The minimum Gasteiger partial charge on any atom is -0.497 e. The molecule has 1 aliphatic carbocycles. The molecule has 1 aromatic carbocycles. The van der Waals surface area contributed by atoms with Gasteiger partial charge in [0.2, 0.25) is 0 Å². The van der Waals surface area contributed by atoms with Crippen LogP contribution in [-0.4, -0.2) is 18.6 Å². The lowest BCUT2D eigenvalue weighted by Gasteiger charge is -2.18. The molecule has 1 unspecified atom stereocenters. The average molecular weight is 288 g/mol. The summed E-state index contributed by atoms with van der Waals surface area (Å²) in [4.78, 5) is 6.26. The molecule has 0 radical (unpaired) electrons. The molecule has 2 aromatic rings. The van der Waals surface area contributed by atoms with E-state index in [1.165, 1.54) is 27.6 Å². The Kier molecular flexibility index (Phi) is 4.03. The molecular formula is C16H20N2OS. The van der Waals surface area contributed by atoms with Crippen molar-refractivity contribution in [3.8, 4) is 5.75 Å². The molecule has 20 heavy (non-hydrogen) atoms. The van der Waals surface area contributed by atoms with Crippen LogP contribution in [0.1, 0.15) is 27.6 Å². The highest BCUT2D eigenvalue weighted by molar-refractivity contribution is 7.11. The highest BCUT2D eigenvalue weighted by atomic mass is 32.1. The Morgan fingerprint density at radius 2 is 2.35 bits per heavy atom. The Hall–Kier alpha value is -1.39. The van der Waals surface area contributed by atoms with Gasteiger partial charge in [-0.1, -0.05) is 12.1 Å². The average Bonchev–Trinajstić information content (AvgIpc) is 2.88. The van der Waals surface area contributed by atoms with Crippen LogP contribution in [0.5, 0.6) is 5.75 Å². The SMILES string of the molecule is COc1cccc(Cc2nc3c(s2)CC(CN)CC3)c1. The fourth-order valence-corrected chi connectivity index (χ4v) is 3.99. The standard InChI is InChI=1S/C16H20N2OS/c1-19-13-4-2-3-11(7-13)9-16-18-14-6-5-12(10-17)8-15(14)20-16/h2-4,7,12H,5-6,8-10,17H2,1H3. The van der Waals surface area contributed by atoms with Gasteiger partial charge in [-0.15, -0.1) is 11.3 Å². The maximum absolute atomic E-state index is 5.79. The number of nitrogens with zero attached hydrogens (tertiary/aromatic N) is 1. The number of aromatic nitrogens is 1. The molecule has 2 N–H and O–H groups in total. The Balaban J connectivity index is 1.77. The van der Waals surface area contributed by atoms with E-state index in [4.69, 9.17) is 15.5 Å². The normalized spacial score (nSPS) is 17.8. The Bertz CT molecular complexity index is 594. The van der Waals surface area contributed by atoms with E-state index in [2.05, 4.69) is 12.1 Å². The van der Waals surface area contributed by atoms with Crippen LogP contribution in [0, 0.1) is 5.92 Å². The van der Waals surface area contributed by atoms with Crippen LogP contribution in [0.2, 0.25) is 0 Å². The van der Waals surface area contributed by atoms with Crippen molar-refractivity contribution in [2.75, 3.05) is 13.7 Å². The summed E-state index contributed by atoms with van der Waals surface area (Å²) in [5.41, 5.74) is 8.35. The van der Waals surface area contributed by atoms with E-state index in [0.717, 1.165) is 31.6 Å². The van der Waals surface area contributed by atoms with E-state index < -0.39 is 0 Å². The number of benzene rings is 1. The molecule has 1 heterocycles. The van der Waals surface area contributed by atoms with Gasteiger partial charge < -0.3 is 10.5 Å². The Morgan fingerprint density at radius 3 is 3.15 bits per heavy atom. The van der Waals surface area contributed by atoms with Crippen LogP contribution >= 0.6 is 11.3 Å². The van der Waals surface area contributed by atoms with Crippen LogP contribution in [0.15, 0.2) is 24.3 Å². The first-order chi connectivity index (χ1) is 9.78. The molecule has 1 aromatic heterocycles. The number of hydrogen-bond donors (Lipinski definition) is 1. The summed E-state index contributed by atoms with van der Waals surface area (Å²) >= 11 is 1.86. The van der Waals surface area contributed by atoms with Gasteiger partial charge in [0.1, 0.15) is 5.75 Å². The molecule has 0 spiro atoms. The number of thiazole rings is 1. The van der Waals surface area contributed by atoms with Crippen LogP contribution < -0.4 is 10.5 Å². The summed E-state index contributed by atoms with van der Waals surface area (Å²) in [7, 11) is 1.70. The number of ether oxygens (including phenoxy) is 1. The summed E-state index contributed by atoms with van der Waals surface area (Å²) in [5, 5.41) is 1.21. The number of methoxy groups -OCH3 is 1. The van der Waals surface area contributed by atoms with E-state index in [9.17, 15) is 0 Å². The van der Waals surface area contributed by atoms with Gasteiger partial charge in [0.15, 0.2) is 0 Å². The molecule has 0 fully saturated rings. The van der Waals surface area contributed by atoms with Gasteiger partial charge in [0.05, 0.1) is 17.8 Å². The molecule has 0 aliphatic heterocycles. The van der Waals surface area contributed by atoms with E-state index in [0.29, 0.717) is 5.92 Å². The van der Waals surface area contributed by atoms with Gasteiger partial charge >= 0.3 is 0 Å². The zero-order chi connectivity index (χ0) is 13.9. The number of rotatable bonds is 4. The van der Waals surface area contributed by atoms with Crippen molar-refractivity contribution in [1.29, 1.82) is 0 Å². The third-order valence-electron chi connectivity index (χ3n) is 3.91. The fraction of sp³-hybridized carbons (Fsp3) is 0.438. The number of aryl methyl sites for hydroxylation is 1. The minimum absolute atomic E-state index is 0.646. The fourth-order valence-electron chi connectivity index (χ4n) is 2.73. The number of fused-ring (bicyclic) bond motifs is 1. The Morgan fingerprint density at radius 1 is 1.45 bits per heavy atom. The van der Waals surface area contributed by atoms with Crippen molar-refractivity contribution >= 4 is 11.3 Å². The summed E-state index contributed by atoms with van der Waals surface area (Å²) in [6.45, 7) is 0.794. The quantitative estimate of drug-likeness (QED) is 0.941. The van der Waals surface area contributed by atoms with Gasteiger partial charge in [-0.3, -0.25) is 0 Å². The molecule has 0 saturated heterocycles. The van der Waals surface area contributed by atoms with Crippen molar-refractivity contribution in [3.63, 3.8) is 0 Å². The number of hydrogen-bond acceptors (Lipinski definition) is 4. The molecule has 106 valence electrons. The third kappa shape index (κ3) is 2.86. The second kappa shape index (κ2) is 5.94. The van der Waals surface area contributed by atoms with Crippen molar-refractivity contribution in [1.82, 2.24) is 4.98 Å². The van der Waals surface area contributed by atoms with Crippen LogP contribution in [0.3, 0.4) is 0 Å². The first kappa shape index (κ1) is 13.6. The van der Waals surface area contributed by atoms with Crippen molar-refractivity contribution in [2.45, 2.75) is 25.7 Å². The summed E-state index contributed by atoms with van der Waals surface area (Å²) < 4.78 is 5.27. The molecule has 3 rings (SSSR count). The summed E-state index contributed by atoms with van der Waals surface area (Å²) in [6, 6.07) is 8.23. The van der Waals surface area contributed by atoms with Crippen LogP contribution in [0.25, 0.3) is 0 Å². The highest BCUT2D eigenvalue weighted by Gasteiger charge is 2.21. The third-order valence-corrected chi connectivity index (χ3v) is 5.03. The van der Waals surface area contributed by atoms with E-state index >= 15 is 0 Å². The monoisotopic (exact) mass is 288 g/mol. The summed E-state index contributed by atoms with van der Waals surface area (Å²) in [5.74, 6) is 1.56. The maximum Gasteiger partial charge on any atom is 0.119 e. The van der Waals surface area contributed by atoms with Gasteiger partial charge in [-0.2, -0.15) is 0 Å². The predicted molar refractivity (Wildman–Crippen MR) is 82.5 cm³/mol. The van der Waals surface area contributed by atoms with E-state index in [-0.39, 0.29) is 0 Å². The minimum atomic E-state index is 0.646. The van der Waals surface area contributed by atoms with Gasteiger partial charge in [-0.05, 0) is 49.4 Å². The smallest absolute Gasteiger partial charge is 0.119 e. The molecule has 4 heteroatoms. The zero-order valence-electron chi connectivity index (χ0n) is 11.8. The second-order valence-corrected chi connectivity index (χ2v) is 6.52. The topological polar surface area (TPSA) is 48.1 Å². The maximum atomic E-state index is 5.79. The first-order valence-electron chi connectivity index (χ1n) is 7.09. The molecule has 1 aliphatic rings. The number of nitrogens with two attached hydrogens (primary N) is 1. The largest absolute Gasteiger partial charge is 0.497 e. The lowest BCUT2D eigenvalue weighted by Crippen LogP contribution is -2.21. The molecule has 3 nitrogen and oxygen atoms in total. The molecule has 0 saturated carbocycles. The van der Waals surface area contributed by atoms with Crippen LogP contribution in [-0.2, 0) is 19.3 Å². The second-order valence-electron chi connectivity index (χ2n) is 5.35. The predicted octanol–water partition coefficient (Wildman–Crippen LogP) is 2.81. The molecular weight excluding hydrogens is 268 g/mol. The van der Waals surface area contributed by atoms with Crippen LogP contribution in [0.4, 0.5) is 0 Å². The molecule has 1 atom stereocenters. The van der Waals surface area contributed by atoms with E-state index in [1.54, 1.807) is 7.11 Å². The van der Waals surface area contributed by atoms with Gasteiger partial charge in [-0.25, -0.2) is 4.98 Å². The zero-order valence-corrected chi connectivity index (χ0v) is 12.6. The van der Waals surface area contributed by atoms with E-state index in [1.807, 2.05) is 23.5 Å². The van der Waals surface area contributed by atoms with Crippen molar-refractivity contribution < 1.29 is 4.74 Å². The van der Waals surface area contributed by atoms with Crippen molar-refractivity contribution in [3.05, 3.63) is 45.4 Å². The lowest BCUT2D eigenvalue weighted by atomic mass is 9.91. The lowest BCUT2D eigenvalue weighted by molar-refractivity contribution is 0.414. The molecule has 0 bridgehead atoms. The molecule has 0 amide bonds. The van der Waals surface area contributed by atoms with Gasteiger partial charge in [0, 0.05) is 11.3 Å². The van der Waals surface area contributed by atoms with Crippen molar-refractivity contribution in [2.24, 2.45) is 11.7 Å². The Labute approximate surface area is 123 Å². The summed E-state index contributed by atoms with van der Waals surface area (Å²) in [6.07, 6.45) is 4.28. The highest BCUT2D eigenvalue weighted by Crippen LogP contribution is 2.30. The van der Waals surface area contributed by atoms with Gasteiger partial charge in [0.25, 0.3) is 0 Å².